The van der Waals surface area contributed by atoms with Crippen LogP contribution in [0.4, 0.5) is 4.39 Å². The Balaban J connectivity index is 2.65. The van der Waals surface area contributed by atoms with Crippen LogP contribution in [0.5, 0.6) is 0 Å². The van der Waals surface area contributed by atoms with E-state index in [4.69, 9.17) is 4.74 Å². The predicted molar refractivity (Wildman–Crippen MR) is 39.7 cm³/mol. The predicted octanol–water partition coefficient (Wildman–Crippen LogP) is 1.32. The number of hydrogen-bond donors (Lipinski definition) is 1. The van der Waals surface area contributed by atoms with Gasteiger partial charge in [-0.1, -0.05) is 13.3 Å². The van der Waals surface area contributed by atoms with Gasteiger partial charge < -0.3 is 4.74 Å². The molecule has 0 fully saturated rings. The number of alkyl halides is 1. The number of unbranched alkanes of at least 4 members (excludes halogenated alkanes) is 1. The first-order chi connectivity index (χ1) is 4.91. The van der Waals surface area contributed by atoms with Gasteiger partial charge in [0.05, 0.1) is 6.61 Å². The van der Waals surface area contributed by atoms with Crippen LogP contribution in [0.15, 0.2) is 0 Å². The highest BCUT2D eigenvalue weighted by atomic mass is 19.1. The lowest BCUT2D eigenvalue weighted by molar-refractivity contribution is 0.130. The van der Waals surface area contributed by atoms with Gasteiger partial charge in [-0.25, -0.2) is 4.39 Å². The molecule has 2 nitrogen and oxygen atoms in total. The Morgan fingerprint density at radius 2 is 2.20 bits per heavy atom. The first-order valence-electron chi connectivity index (χ1n) is 3.76. The van der Waals surface area contributed by atoms with Gasteiger partial charge in [-0.15, -0.1) is 0 Å². The molecule has 0 rings (SSSR count). The lowest BCUT2D eigenvalue weighted by Gasteiger charge is -2.01. The van der Waals surface area contributed by atoms with E-state index >= 15 is 0 Å². The van der Waals surface area contributed by atoms with E-state index in [-0.39, 0.29) is 0 Å². The molecular weight excluding hydrogens is 133 g/mol. The third-order valence-electron chi connectivity index (χ3n) is 1.16. The molecule has 0 unspecified atom stereocenters. The van der Waals surface area contributed by atoms with Gasteiger partial charge in [0.2, 0.25) is 0 Å². The average molecular weight is 149 g/mol. The second-order valence-corrected chi connectivity index (χ2v) is 2.10. The summed E-state index contributed by atoms with van der Waals surface area (Å²) >= 11 is 0. The minimum atomic E-state index is -0.461. The summed E-state index contributed by atoms with van der Waals surface area (Å²) in [6.07, 6.45) is 2.24. The lowest BCUT2D eigenvalue weighted by atomic mass is 10.4. The average Bonchev–Trinajstić information content (AvgIpc) is 1.97. The molecule has 0 atom stereocenters. The summed E-state index contributed by atoms with van der Waals surface area (Å²) in [6, 6.07) is 0. The summed E-state index contributed by atoms with van der Waals surface area (Å²) in [5.74, 6) is 0. The minimum absolute atomic E-state index is 0.461. The van der Waals surface area contributed by atoms with E-state index in [2.05, 4.69) is 12.2 Å². The van der Waals surface area contributed by atoms with Crippen LogP contribution in [0.3, 0.4) is 0 Å². The summed E-state index contributed by atoms with van der Waals surface area (Å²) in [5, 5.41) is 2.53. The Kier molecular flexibility index (Phi) is 8.72. The molecule has 0 saturated heterocycles. The molecule has 1 N–H and O–H groups in total. The number of nitrogens with one attached hydrogen (secondary N) is 1. The molecule has 0 bridgehead atoms. The Morgan fingerprint density at radius 3 is 2.80 bits per heavy atom. The van der Waals surface area contributed by atoms with E-state index in [0.717, 1.165) is 19.4 Å². The molecular formula is C7H16FNO. The van der Waals surface area contributed by atoms with Crippen LogP contribution in [0, 0.1) is 0 Å². The van der Waals surface area contributed by atoms with E-state index < -0.39 is 6.80 Å². The van der Waals surface area contributed by atoms with Gasteiger partial charge in [0.1, 0.15) is 6.80 Å². The maximum Gasteiger partial charge on any atom is 0.140 e. The van der Waals surface area contributed by atoms with E-state index in [1.165, 1.54) is 0 Å². The first kappa shape index (κ1) is 9.85. The third-order valence-corrected chi connectivity index (χ3v) is 1.16. The Hall–Kier alpha value is -0.150. The van der Waals surface area contributed by atoms with Crippen molar-refractivity contribution in [2.45, 2.75) is 19.8 Å². The molecule has 3 heteroatoms. The summed E-state index contributed by atoms with van der Waals surface area (Å²) in [5.41, 5.74) is 0. The molecule has 0 saturated carbocycles. The smallest absolute Gasteiger partial charge is 0.140 e. The van der Waals surface area contributed by atoms with Gasteiger partial charge in [0.15, 0.2) is 0 Å². The number of rotatable bonds is 7. The van der Waals surface area contributed by atoms with Gasteiger partial charge >= 0.3 is 0 Å². The van der Waals surface area contributed by atoms with E-state index in [9.17, 15) is 4.39 Å². The van der Waals surface area contributed by atoms with E-state index in [0.29, 0.717) is 13.2 Å². The lowest BCUT2D eigenvalue weighted by Crippen LogP contribution is -2.18. The highest BCUT2D eigenvalue weighted by molar-refractivity contribution is 4.38. The monoisotopic (exact) mass is 149 g/mol. The second-order valence-electron chi connectivity index (χ2n) is 2.10. The minimum Gasteiger partial charge on any atom is -0.380 e. The molecule has 0 radical (unpaired) electrons. The molecule has 0 aliphatic rings. The van der Waals surface area contributed by atoms with E-state index in [1.807, 2.05) is 0 Å². The molecule has 0 aromatic carbocycles. The molecule has 0 aliphatic heterocycles. The standard InChI is InChI=1S/C7H16FNO/c1-2-3-5-10-6-4-9-7-8/h9H,2-7H2,1H3. The maximum absolute atomic E-state index is 11.4. The van der Waals surface area contributed by atoms with Crippen LogP contribution in [-0.4, -0.2) is 26.6 Å². The SMILES string of the molecule is CCCCOCCNCF. The quantitative estimate of drug-likeness (QED) is 0.435. The zero-order valence-electron chi connectivity index (χ0n) is 6.53. The van der Waals surface area contributed by atoms with Crippen molar-refractivity contribution in [1.29, 1.82) is 0 Å². The molecule has 62 valence electrons. The van der Waals surface area contributed by atoms with Gasteiger partial charge in [-0.2, -0.15) is 0 Å². The van der Waals surface area contributed by atoms with Crippen molar-refractivity contribution < 1.29 is 9.13 Å². The Morgan fingerprint density at radius 1 is 1.40 bits per heavy atom. The van der Waals surface area contributed by atoms with Crippen LogP contribution >= 0.6 is 0 Å². The van der Waals surface area contributed by atoms with Gasteiger partial charge in [-0.3, -0.25) is 5.32 Å². The van der Waals surface area contributed by atoms with Crippen molar-refractivity contribution >= 4 is 0 Å². The largest absolute Gasteiger partial charge is 0.380 e. The third kappa shape index (κ3) is 7.85. The van der Waals surface area contributed by atoms with Crippen molar-refractivity contribution in [3.05, 3.63) is 0 Å². The fourth-order valence-corrected chi connectivity index (χ4v) is 0.560. The summed E-state index contributed by atoms with van der Waals surface area (Å²) in [4.78, 5) is 0. The zero-order valence-corrected chi connectivity index (χ0v) is 6.53. The van der Waals surface area contributed by atoms with Gasteiger partial charge in [0, 0.05) is 13.2 Å². The number of halogens is 1. The van der Waals surface area contributed by atoms with Crippen LogP contribution in [0.1, 0.15) is 19.8 Å². The van der Waals surface area contributed by atoms with Crippen molar-refractivity contribution in [1.82, 2.24) is 5.32 Å². The van der Waals surface area contributed by atoms with E-state index in [1.54, 1.807) is 0 Å². The van der Waals surface area contributed by atoms with Gasteiger partial charge in [0.25, 0.3) is 0 Å². The number of hydrogen-bond acceptors (Lipinski definition) is 2. The molecule has 0 aromatic rings. The molecule has 0 heterocycles. The molecule has 0 spiro atoms. The second kappa shape index (κ2) is 8.85. The normalized spacial score (nSPS) is 10.2. The van der Waals surface area contributed by atoms with Crippen LogP contribution in [0.25, 0.3) is 0 Å². The fraction of sp³-hybridized carbons (Fsp3) is 1.00. The maximum atomic E-state index is 11.4. The van der Waals surface area contributed by atoms with Crippen molar-refractivity contribution in [2.75, 3.05) is 26.6 Å². The number of ether oxygens (including phenoxy) is 1. The first-order valence-corrected chi connectivity index (χ1v) is 3.76. The molecule has 0 aromatic heterocycles. The topological polar surface area (TPSA) is 21.3 Å². The van der Waals surface area contributed by atoms with Crippen molar-refractivity contribution in [2.24, 2.45) is 0 Å². The van der Waals surface area contributed by atoms with Crippen LogP contribution in [0.2, 0.25) is 0 Å². The van der Waals surface area contributed by atoms with Crippen LogP contribution < -0.4 is 5.32 Å². The van der Waals surface area contributed by atoms with Crippen molar-refractivity contribution in [3.8, 4) is 0 Å². The molecule has 0 amide bonds. The summed E-state index contributed by atoms with van der Waals surface area (Å²) < 4.78 is 16.5. The Bertz CT molecular complexity index is 53.6. The zero-order chi connectivity index (χ0) is 7.66. The highest BCUT2D eigenvalue weighted by Crippen LogP contribution is 1.86. The molecule has 10 heavy (non-hydrogen) atoms. The summed E-state index contributed by atoms with van der Waals surface area (Å²) in [7, 11) is 0. The summed E-state index contributed by atoms with van der Waals surface area (Å²) in [6.45, 7) is 3.68. The van der Waals surface area contributed by atoms with Gasteiger partial charge in [-0.05, 0) is 6.42 Å². The van der Waals surface area contributed by atoms with Crippen molar-refractivity contribution in [3.63, 3.8) is 0 Å². The highest BCUT2D eigenvalue weighted by Gasteiger charge is 1.86. The van der Waals surface area contributed by atoms with Crippen LogP contribution in [-0.2, 0) is 4.74 Å². The fourth-order valence-electron chi connectivity index (χ4n) is 0.560. The Labute approximate surface area is 61.8 Å². The molecule has 0 aliphatic carbocycles.